The average molecular weight is 237 g/mol. The fraction of sp³-hybridized carbons (Fsp3) is 0.545. The highest BCUT2D eigenvalue weighted by Gasteiger charge is 2.20. The minimum atomic E-state index is 0.0555. The predicted molar refractivity (Wildman–Crippen MR) is 69.0 cm³/mol. The summed E-state index contributed by atoms with van der Waals surface area (Å²) in [7, 11) is 0. The van der Waals surface area contributed by atoms with Gasteiger partial charge in [0.25, 0.3) is 0 Å². The zero-order chi connectivity index (χ0) is 12.3. The number of pyridine rings is 1. The van der Waals surface area contributed by atoms with E-state index >= 15 is 0 Å². The zero-order valence-electron chi connectivity index (χ0n) is 9.76. The Hall–Kier alpha value is -1.53. The van der Waals surface area contributed by atoms with Crippen molar-refractivity contribution >= 4 is 17.3 Å². The number of rotatable bonds is 4. The molecule has 94 valence electrons. The maximum absolute atomic E-state index is 8.78. The zero-order valence-corrected chi connectivity index (χ0v) is 9.76. The lowest BCUT2D eigenvalue weighted by atomic mass is 10.3. The molecule has 17 heavy (non-hydrogen) atoms. The monoisotopic (exact) mass is 237 g/mol. The van der Waals surface area contributed by atoms with E-state index in [-0.39, 0.29) is 12.6 Å². The quantitative estimate of drug-likeness (QED) is 0.569. The van der Waals surface area contributed by atoms with Crippen LogP contribution in [0.4, 0.5) is 17.3 Å². The number of hydrogen-bond acceptors (Lipinski definition) is 6. The Bertz CT molecular complexity index is 384. The lowest BCUT2D eigenvalue weighted by Gasteiger charge is -2.18. The number of anilines is 3. The highest BCUT2D eigenvalue weighted by molar-refractivity contribution is 5.65. The predicted octanol–water partition coefficient (Wildman–Crippen LogP) is -0.395. The van der Waals surface area contributed by atoms with Gasteiger partial charge < -0.3 is 26.8 Å². The van der Waals surface area contributed by atoms with Crippen LogP contribution in [-0.2, 0) is 0 Å². The maximum atomic E-state index is 8.78. The van der Waals surface area contributed by atoms with Crippen LogP contribution in [0.15, 0.2) is 12.1 Å². The summed E-state index contributed by atoms with van der Waals surface area (Å²) < 4.78 is 0. The minimum absolute atomic E-state index is 0.0555. The highest BCUT2D eigenvalue weighted by atomic mass is 16.3. The molecule has 1 unspecified atom stereocenters. The Morgan fingerprint density at radius 2 is 2.35 bits per heavy atom. The van der Waals surface area contributed by atoms with Gasteiger partial charge in [0, 0.05) is 25.7 Å². The summed E-state index contributed by atoms with van der Waals surface area (Å²) in [6.07, 6.45) is 0.992. The lowest BCUT2D eigenvalue weighted by molar-refractivity contribution is 0.311. The molecule has 2 rings (SSSR count). The summed E-state index contributed by atoms with van der Waals surface area (Å²) >= 11 is 0. The molecule has 0 spiro atoms. The van der Waals surface area contributed by atoms with Gasteiger partial charge in [-0.05, 0) is 18.6 Å². The molecule has 0 saturated carbocycles. The Kier molecular flexibility index (Phi) is 3.65. The van der Waals surface area contributed by atoms with Crippen molar-refractivity contribution in [3.05, 3.63) is 12.1 Å². The lowest BCUT2D eigenvalue weighted by Crippen LogP contribution is -2.27. The van der Waals surface area contributed by atoms with E-state index in [0.29, 0.717) is 18.1 Å². The SMILES string of the molecule is Nc1ccc(N2CCC(N)C2)nc1NCCO. The Balaban J connectivity index is 2.12. The van der Waals surface area contributed by atoms with Gasteiger partial charge in [-0.1, -0.05) is 0 Å². The number of nitrogens with two attached hydrogens (primary N) is 2. The summed E-state index contributed by atoms with van der Waals surface area (Å²) in [4.78, 5) is 6.60. The molecule has 1 aliphatic rings. The Morgan fingerprint density at radius 1 is 1.53 bits per heavy atom. The van der Waals surface area contributed by atoms with E-state index in [9.17, 15) is 0 Å². The number of aliphatic hydroxyl groups is 1. The van der Waals surface area contributed by atoms with E-state index in [1.165, 1.54) is 0 Å². The molecule has 1 saturated heterocycles. The van der Waals surface area contributed by atoms with Crippen LogP contribution in [0.25, 0.3) is 0 Å². The maximum Gasteiger partial charge on any atom is 0.151 e. The molecule has 1 aromatic rings. The van der Waals surface area contributed by atoms with Gasteiger partial charge in [-0.3, -0.25) is 0 Å². The second kappa shape index (κ2) is 5.20. The fourth-order valence-electron chi connectivity index (χ4n) is 1.95. The number of nitrogen functional groups attached to an aromatic ring is 1. The first-order valence-corrected chi connectivity index (χ1v) is 5.82. The molecule has 0 amide bonds. The van der Waals surface area contributed by atoms with Crippen molar-refractivity contribution < 1.29 is 5.11 Å². The number of aliphatic hydroxyl groups excluding tert-OH is 1. The third kappa shape index (κ3) is 2.78. The van der Waals surface area contributed by atoms with Crippen LogP contribution in [0.1, 0.15) is 6.42 Å². The van der Waals surface area contributed by atoms with Gasteiger partial charge in [-0.15, -0.1) is 0 Å². The van der Waals surface area contributed by atoms with Crippen LogP contribution in [0.2, 0.25) is 0 Å². The van der Waals surface area contributed by atoms with Gasteiger partial charge in [0.2, 0.25) is 0 Å². The molecule has 0 aromatic carbocycles. The summed E-state index contributed by atoms with van der Waals surface area (Å²) in [5, 5.41) is 11.8. The van der Waals surface area contributed by atoms with E-state index in [0.717, 1.165) is 25.3 Å². The highest BCUT2D eigenvalue weighted by Crippen LogP contribution is 2.23. The van der Waals surface area contributed by atoms with E-state index in [1.807, 2.05) is 12.1 Å². The van der Waals surface area contributed by atoms with Gasteiger partial charge in [-0.2, -0.15) is 0 Å². The first-order valence-electron chi connectivity index (χ1n) is 5.82. The molecule has 6 nitrogen and oxygen atoms in total. The summed E-state index contributed by atoms with van der Waals surface area (Å²) in [5.41, 5.74) is 12.3. The second-order valence-corrected chi connectivity index (χ2v) is 4.25. The van der Waals surface area contributed by atoms with E-state index in [4.69, 9.17) is 16.6 Å². The van der Waals surface area contributed by atoms with Crippen molar-refractivity contribution in [1.29, 1.82) is 0 Å². The van der Waals surface area contributed by atoms with Crippen molar-refractivity contribution in [1.82, 2.24) is 4.98 Å². The molecule has 6 N–H and O–H groups in total. The number of nitrogens with one attached hydrogen (secondary N) is 1. The van der Waals surface area contributed by atoms with Gasteiger partial charge in [0.05, 0.1) is 12.3 Å². The standard InChI is InChI=1S/C11H19N5O/c12-8-3-5-16(7-8)10-2-1-9(13)11(15-10)14-4-6-17/h1-2,8,17H,3-7,12-13H2,(H,14,15). The third-order valence-electron chi connectivity index (χ3n) is 2.86. The van der Waals surface area contributed by atoms with Crippen molar-refractivity contribution in [2.45, 2.75) is 12.5 Å². The van der Waals surface area contributed by atoms with Crippen molar-refractivity contribution in [3.8, 4) is 0 Å². The molecular weight excluding hydrogens is 218 g/mol. The molecule has 1 aromatic heterocycles. The fourth-order valence-corrected chi connectivity index (χ4v) is 1.95. The molecule has 0 bridgehead atoms. The molecule has 1 fully saturated rings. The average Bonchev–Trinajstić information content (AvgIpc) is 2.75. The number of aromatic nitrogens is 1. The first-order chi connectivity index (χ1) is 8.20. The van der Waals surface area contributed by atoms with Crippen LogP contribution in [0.3, 0.4) is 0 Å². The molecule has 2 heterocycles. The van der Waals surface area contributed by atoms with Gasteiger partial charge in [0.15, 0.2) is 5.82 Å². The molecule has 0 aliphatic carbocycles. The van der Waals surface area contributed by atoms with Gasteiger partial charge >= 0.3 is 0 Å². The van der Waals surface area contributed by atoms with Gasteiger partial charge in [0.1, 0.15) is 5.82 Å². The normalized spacial score (nSPS) is 19.6. The van der Waals surface area contributed by atoms with Crippen LogP contribution in [-0.4, -0.2) is 42.4 Å². The second-order valence-electron chi connectivity index (χ2n) is 4.25. The molecule has 1 atom stereocenters. The Morgan fingerprint density at radius 3 is 3.00 bits per heavy atom. The third-order valence-corrected chi connectivity index (χ3v) is 2.86. The first kappa shape index (κ1) is 11.9. The molecular formula is C11H19N5O. The summed E-state index contributed by atoms with van der Waals surface area (Å²) in [5.74, 6) is 1.50. The van der Waals surface area contributed by atoms with Crippen molar-refractivity contribution in [3.63, 3.8) is 0 Å². The van der Waals surface area contributed by atoms with Crippen LogP contribution < -0.4 is 21.7 Å². The van der Waals surface area contributed by atoms with Gasteiger partial charge in [-0.25, -0.2) is 4.98 Å². The van der Waals surface area contributed by atoms with Crippen molar-refractivity contribution in [2.24, 2.45) is 5.73 Å². The largest absolute Gasteiger partial charge is 0.396 e. The van der Waals surface area contributed by atoms with E-state index in [1.54, 1.807) is 0 Å². The Labute approximate surface area is 101 Å². The van der Waals surface area contributed by atoms with Crippen LogP contribution in [0.5, 0.6) is 0 Å². The smallest absolute Gasteiger partial charge is 0.151 e. The summed E-state index contributed by atoms with van der Waals surface area (Å²) in [6, 6.07) is 3.95. The number of hydrogen-bond donors (Lipinski definition) is 4. The minimum Gasteiger partial charge on any atom is -0.396 e. The molecule has 6 heteroatoms. The topological polar surface area (TPSA) is 100 Å². The van der Waals surface area contributed by atoms with Crippen molar-refractivity contribution in [2.75, 3.05) is 42.2 Å². The number of nitrogens with zero attached hydrogens (tertiary/aromatic N) is 2. The van der Waals surface area contributed by atoms with E-state index < -0.39 is 0 Å². The molecule has 0 radical (unpaired) electrons. The summed E-state index contributed by atoms with van der Waals surface area (Å²) in [6.45, 7) is 2.26. The molecule has 1 aliphatic heterocycles. The van der Waals surface area contributed by atoms with E-state index in [2.05, 4.69) is 15.2 Å². The van der Waals surface area contributed by atoms with Crippen LogP contribution in [0, 0.1) is 0 Å². The van der Waals surface area contributed by atoms with Crippen LogP contribution >= 0.6 is 0 Å².